The van der Waals surface area contributed by atoms with Gasteiger partial charge in [-0.2, -0.15) is 0 Å². The number of rotatable bonds is 9. The largest absolute Gasteiger partial charge is 0.573 e. The Morgan fingerprint density at radius 3 is 2.41 bits per heavy atom. The summed E-state index contributed by atoms with van der Waals surface area (Å²) < 4.78 is 41.6. The first-order valence-corrected chi connectivity index (χ1v) is 13.4. The van der Waals surface area contributed by atoms with E-state index >= 15 is 0 Å². The molecule has 3 N–H and O–H groups in total. The number of ether oxygens (including phenoxy) is 1. The number of Topliss-reactive ketones (excluding diaryl/α,β-unsaturated/α-hetero) is 2. The van der Waals surface area contributed by atoms with Crippen molar-refractivity contribution in [2.75, 3.05) is 5.32 Å². The molecule has 0 spiro atoms. The molecule has 0 saturated heterocycles. The van der Waals surface area contributed by atoms with E-state index in [4.69, 9.17) is 11.6 Å². The second kappa shape index (κ2) is 10.5. The first-order valence-electron chi connectivity index (χ1n) is 13.0. The molecule has 0 aromatic heterocycles. The molecule has 7 nitrogen and oxygen atoms in total. The zero-order valence-electron chi connectivity index (χ0n) is 20.9. The first kappa shape index (κ1) is 27.5. The van der Waals surface area contributed by atoms with Gasteiger partial charge in [0.2, 0.25) is 11.6 Å². The van der Waals surface area contributed by atoms with Gasteiger partial charge in [0.05, 0.1) is 5.02 Å². The van der Waals surface area contributed by atoms with Gasteiger partial charge in [0, 0.05) is 35.7 Å². The van der Waals surface area contributed by atoms with Gasteiger partial charge >= 0.3 is 12.3 Å². The van der Waals surface area contributed by atoms with Crippen molar-refractivity contribution >= 4 is 34.8 Å². The monoisotopic (exact) mass is 564 g/mol. The third-order valence-corrected chi connectivity index (χ3v) is 8.54. The summed E-state index contributed by atoms with van der Waals surface area (Å²) >= 11 is 6.07. The molecule has 2 aromatic rings. The summed E-state index contributed by atoms with van der Waals surface area (Å²) in [5.41, 5.74) is -0.492. The van der Waals surface area contributed by atoms with Gasteiger partial charge in [0.15, 0.2) is 0 Å². The molecular weight excluding hydrogens is 537 g/mol. The lowest BCUT2D eigenvalue weighted by molar-refractivity contribution is -0.274. The number of fused-ring (bicyclic) bond motifs is 2. The van der Waals surface area contributed by atoms with Gasteiger partial charge in [0.1, 0.15) is 11.3 Å². The molecule has 0 amide bonds. The summed E-state index contributed by atoms with van der Waals surface area (Å²) in [6.07, 6.45) is -0.609. The Hall–Kier alpha value is -3.11. The van der Waals surface area contributed by atoms with E-state index in [9.17, 15) is 32.7 Å². The number of carbonyl (C=O) groups excluding carboxylic acids is 2. The van der Waals surface area contributed by atoms with Crippen molar-refractivity contribution in [2.45, 2.75) is 74.8 Å². The van der Waals surface area contributed by atoms with Crippen LogP contribution in [0, 0.1) is 5.92 Å². The molecule has 208 valence electrons. The molecule has 0 radical (unpaired) electrons. The molecule has 4 atom stereocenters. The van der Waals surface area contributed by atoms with Gasteiger partial charge in [-0.25, -0.2) is 0 Å². The average Bonchev–Trinajstić information content (AvgIpc) is 3.30. The van der Waals surface area contributed by atoms with Gasteiger partial charge in [-0.3, -0.25) is 19.7 Å². The van der Waals surface area contributed by atoms with Crippen LogP contribution in [-0.2, 0) is 9.59 Å². The van der Waals surface area contributed by atoms with Crippen LogP contribution in [0.5, 0.6) is 5.75 Å². The number of para-hydroxylation sites is 1. The molecule has 1 aliphatic heterocycles. The van der Waals surface area contributed by atoms with E-state index in [0.29, 0.717) is 0 Å². The molecule has 2 fully saturated rings. The lowest BCUT2D eigenvalue weighted by Gasteiger charge is -2.49. The second-order valence-electron chi connectivity index (χ2n) is 10.6. The Balaban J connectivity index is 1.51. The third kappa shape index (κ3) is 5.36. The van der Waals surface area contributed by atoms with Gasteiger partial charge < -0.3 is 15.2 Å². The number of anilines is 1. The van der Waals surface area contributed by atoms with Crippen molar-refractivity contribution < 1.29 is 37.4 Å². The van der Waals surface area contributed by atoms with Gasteiger partial charge in [-0.1, -0.05) is 42.6 Å². The highest BCUT2D eigenvalue weighted by Crippen LogP contribution is 2.52. The lowest BCUT2D eigenvalue weighted by Crippen LogP contribution is -2.64. The number of carbonyl (C=O) groups is 3. The van der Waals surface area contributed by atoms with Crippen LogP contribution in [0.1, 0.15) is 66.8 Å². The van der Waals surface area contributed by atoms with Crippen molar-refractivity contribution in [2.24, 2.45) is 5.92 Å². The van der Waals surface area contributed by atoms with Crippen molar-refractivity contribution in [1.82, 2.24) is 5.32 Å². The second-order valence-corrected chi connectivity index (χ2v) is 11.0. The van der Waals surface area contributed by atoms with Gasteiger partial charge in [-0.15, -0.1) is 13.2 Å². The van der Waals surface area contributed by atoms with Crippen molar-refractivity contribution in [1.29, 1.82) is 0 Å². The standard InChI is InChI=1S/C28H28ClF3N2O5/c29-20-13-16(39-28(30,31)32)11-12-17(20)25(36)23(35)14-27(26(37)38,34-15-5-3-6-15)24-18-7-1-2-9-21(18)33-22-10-4-8-19(22)24/h1-2,7,9,11-13,15,19,22,24,33-34H,3-6,8,10,14H2,(H,37,38)/t19-,22+,24?,27?/m0/s1. The van der Waals surface area contributed by atoms with E-state index < -0.39 is 52.5 Å². The number of aliphatic carboxylic acids is 1. The predicted octanol–water partition coefficient (Wildman–Crippen LogP) is 5.72. The average molecular weight is 565 g/mol. The van der Waals surface area contributed by atoms with E-state index in [1.54, 1.807) is 0 Å². The molecule has 0 bridgehead atoms. The fourth-order valence-corrected chi connectivity index (χ4v) is 6.58. The summed E-state index contributed by atoms with van der Waals surface area (Å²) in [4.78, 5) is 40.0. The van der Waals surface area contributed by atoms with Crippen molar-refractivity contribution in [3.63, 3.8) is 0 Å². The van der Waals surface area contributed by atoms with E-state index in [2.05, 4.69) is 15.4 Å². The predicted molar refractivity (Wildman–Crippen MR) is 137 cm³/mol. The SMILES string of the molecule is O=C(CC(NC1CCC1)(C(=O)O)C1c2ccccc2N[C@@H]2CCC[C@H]12)C(=O)c1ccc(OC(F)(F)F)cc1Cl. The lowest BCUT2D eigenvalue weighted by atomic mass is 9.64. The quantitative estimate of drug-likeness (QED) is 0.264. The number of nitrogens with one attached hydrogen (secondary N) is 2. The molecule has 5 rings (SSSR count). The molecule has 2 aliphatic carbocycles. The molecule has 11 heteroatoms. The van der Waals surface area contributed by atoms with Crippen LogP contribution >= 0.6 is 11.6 Å². The summed E-state index contributed by atoms with van der Waals surface area (Å²) in [5.74, 6) is -4.57. The fraction of sp³-hybridized carbons (Fsp3) is 0.464. The fourth-order valence-electron chi connectivity index (χ4n) is 6.33. The van der Waals surface area contributed by atoms with Crippen LogP contribution < -0.4 is 15.4 Å². The first-order chi connectivity index (χ1) is 18.5. The Morgan fingerprint density at radius 1 is 1.05 bits per heavy atom. The Morgan fingerprint density at radius 2 is 1.77 bits per heavy atom. The Labute approximate surface area is 228 Å². The van der Waals surface area contributed by atoms with Gasteiger partial charge in [-0.05, 0) is 61.4 Å². The van der Waals surface area contributed by atoms with Gasteiger partial charge in [0.25, 0.3) is 0 Å². The Kier molecular flexibility index (Phi) is 7.37. The normalized spacial score (nSPS) is 23.9. The minimum absolute atomic E-state index is 0.0354. The summed E-state index contributed by atoms with van der Waals surface area (Å²) in [5, 5.41) is 17.2. The Bertz CT molecular complexity index is 1300. The highest BCUT2D eigenvalue weighted by molar-refractivity contribution is 6.48. The number of halogens is 4. The smallest absolute Gasteiger partial charge is 0.480 e. The maximum atomic E-state index is 13.5. The number of hydrogen-bond donors (Lipinski definition) is 3. The van der Waals surface area contributed by atoms with E-state index in [0.717, 1.165) is 68.0 Å². The van der Waals surface area contributed by atoms with Crippen LogP contribution in [0.15, 0.2) is 42.5 Å². The molecule has 3 aliphatic rings. The van der Waals surface area contributed by atoms with Crippen molar-refractivity contribution in [3.8, 4) is 5.75 Å². The molecular formula is C28H28ClF3N2O5. The topological polar surface area (TPSA) is 105 Å². The zero-order valence-corrected chi connectivity index (χ0v) is 21.6. The number of carboxylic acids is 1. The minimum Gasteiger partial charge on any atom is -0.480 e. The number of carboxylic acid groups (broad SMARTS) is 1. The molecule has 2 aromatic carbocycles. The summed E-state index contributed by atoms with van der Waals surface area (Å²) in [6.45, 7) is 0. The van der Waals surface area contributed by atoms with Crippen LogP contribution in [0.3, 0.4) is 0 Å². The zero-order chi connectivity index (χ0) is 27.9. The molecule has 2 unspecified atom stereocenters. The highest BCUT2D eigenvalue weighted by Gasteiger charge is 2.57. The number of benzene rings is 2. The van der Waals surface area contributed by atoms with Crippen LogP contribution in [0.25, 0.3) is 0 Å². The van der Waals surface area contributed by atoms with E-state index in [1.807, 2.05) is 24.3 Å². The summed E-state index contributed by atoms with van der Waals surface area (Å²) in [7, 11) is 0. The number of hydrogen-bond acceptors (Lipinski definition) is 6. The number of ketones is 2. The van der Waals surface area contributed by atoms with Crippen LogP contribution in [-0.4, -0.2) is 46.6 Å². The molecule has 2 saturated carbocycles. The number of alkyl halides is 3. The maximum absolute atomic E-state index is 13.5. The third-order valence-electron chi connectivity index (χ3n) is 8.23. The summed E-state index contributed by atoms with van der Waals surface area (Å²) in [6, 6.07) is 10.1. The van der Waals surface area contributed by atoms with Crippen LogP contribution in [0.4, 0.5) is 18.9 Å². The molecule has 1 heterocycles. The van der Waals surface area contributed by atoms with Crippen molar-refractivity contribution in [3.05, 3.63) is 58.6 Å². The minimum atomic E-state index is -4.96. The van der Waals surface area contributed by atoms with E-state index in [1.165, 1.54) is 0 Å². The maximum Gasteiger partial charge on any atom is 0.573 e. The van der Waals surface area contributed by atoms with E-state index in [-0.39, 0.29) is 23.6 Å². The highest BCUT2D eigenvalue weighted by atomic mass is 35.5. The van der Waals surface area contributed by atoms with Crippen LogP contribution in [0.2, 0.25) is 5.02 Å². The molecule has 39 heavy (non-hydrogen) atoms.